The smallest absolute Gasteiger partial charge is 0.421 e. The lowest BCUT2D eigenvalue weighted by Gasteiger charge is -2.35. The number of hydrogen-bond donors (Lipinski definition) is 1. The number of nitriles is 1. The summed E-state index contributed by atoms with van der Waals surface area (Å²) in [6, 6.07) is 4.50. The van der Waals surface area contributed by atoms with Gasteiger partial charge in [0, 0.05) is 49.4 Å². The molecule has 0 unspecified atom stereocenters. The first-order chi connectivity index (χ1) is 18.2. The number of ether oxygens (including phenoxy) is 1. The molecule has 1 amide bonds. The molecule has 3 aromatic rings. The predicted octanol–water partition coefficient (Wildman–Crippen LogP) is 3.96. The first kappa shape index (κ1) is 28.6. The van der Waals surface area contributed by atoms with Crippen molar-refractivity contribution in [3.8, 4) is 23.2 Å². The summed E-state index contributed by atoms with van der Waals surface area (Å²) >= 11 is 0. The molecular weight excluding hydrogens is 535 g/mol. The number of aryl methyl sites for hydroxylation is 1. The summed E-state index contributed by atoms with van der Waals surface area (Å²) in [6.07, 6.45) is 1.29. The molecule has 3 aromatic heterocycles. The topological polar surface area (TPSA) is 109 Å². The highest BCUT2D eigenvalue weighted by molar-refractivity contribution is 5.91. The Morgan fingerprint density at radius 1 is 1.21 bits per heavy atom. The number of rotatable bonds is 5. The van der Waals surface area contributed by atoms with Gasteiger partial charge in [0.1, 0.15) is 17.3 Å². The first-order valence-corrected chi connectivity index (χ1v) is 12.7. The van der Waals surface area contributed by atoms with E-state index in [0.29, 0.717) is 37.0 Å². The fraction of sp³-hybridized carbons (Fsp3) is 0.500. The Bertz CT molecular complexity index is 1370. The highest BCUT2D eigenvalue weighted by atomic mass is 35.5. The van der Waals surface area contributed by atoms with E-state index in [4.69, 9.17) is 4.74 Å². The average molecular weight is 564 g/mol. The molecule has 208 valence electrons. The highest BCUT2D eigenvalue weighted by Gasteiger charge is 2.37. The van der Waals surface area contributed by atoms with Crippen LogP contribution in [0, 0.1) is 23.2 Å². The van der Waals surface area contributed by atoms with E-state index in [1.807, 2.05) is 11.0 Å². The lowest BCUT2D eigenvalue weighted by molar-refractivity contribution is -0.140. The minimum Gasteiger partial charge on any atom is -0.477 e. The van der Waals surface area contributed by atoms with Gasteiger partial charge in [0.05, 0.1) is 12.3 Å². The summed E-state index contributed by atoms with van der Waals surface area (Å²) in [5.74, 6) is -0.378. The fourth-order valence-electron chi connectivity index (χ4n) is 5.15. The van der Waals surface area contributed by atoms with Crippen LogP contribution < -0.4 is 10.1 Å². The molecule has 0 aliphatic carbocycles. The summed E-state index contributed by atoms with van der Waals surface area (Å²) in [6.45, 7) is 2.94. The van der Waals surface area contributed by atoms with Gasteiger partial charge in [-0.15, -0.1) is 12.4 Å². The molecule has 0 atom stereocenters. The molecular formula is C26H29ClF3N7O2. The van der Waals surface area contributed by atoms with Crippen LogP contribution in [0.15, 0.2) is 24.5 Å². The van der Waals surface area contributed by atoms with Gasteiger partial charge in [0.2, 0.25) is 17.6 Å². The molecule has 0 spiro atoms. The fourth-order valence-corrected chi connectivity index (χ4v) is 5.15. The van der Waals surface area contributed by atoms with Gasteiger partial charge in [0.25, 0.3) is 0 Å². The number of pyridine rings is 1. The van der Waals surface area contributed by atoms with Crippen LogP contribution in [0.5, 0.6) is 5.88 Å². The van der Waals surface area contributed by atoms with Gasteiger partial charge >= 0.3 is 6.18 Å². The van der Waals surface area contributed by atoms with Crippen LogP contribution in [0.2, 0.25) is 0 Å². The maximum absolute atomic E-state index is 14.0. The van der Waals surface area contributed by atoms with E-state index in [2.05, 4.69) is 20.3 Å². The van der Waals surface area contributed by atoms with Crippen LogP contribution in [-0.2, 0) is 18.0 Å². The molecule has 0 saturated carbocycles. The number of carbonyl (C=O) groups excluding carboxylic acids is 1. The quantitative estimate of drug-likeness (QED) is 0.500. The second-order valence-corrected chi connectivity index (χ2v) is 9.85. The number of fused-ring (bicyclic) bond motifs is 1. The van der Waals surface area contributed by atoms with Crippen molar-refractivity contribution in [1.29, 1.82) is 5.26 Å². The van der Waals surface area contributed by atoms with Crippen molar-refractivity contribution in [3.63, 3.8) is 0 Å². The van der Waals surface area contributed by atoms with E-state index in [-0.39, 0.29) is 53.8 Å². The number of amides is 1. The number of halogens is 4. The third-order valence-electron chi connectivity index (χ3n) is 7.32. The van der Waals surface area contributed by atoms with Crippen molar-refractivity contribution in [2.45, 2.75) is 31.9 Å². The zero-order valence-corrected chi connectivity index (χ0v) is 22.2. The molecule has 0 aromatic carbocycles. The Morgan fingerprint density at radius 2 is 1.92 bits per heavy atom. The monoisotopic (exact) mass is 563 g/mol. The standard InChI is InChI=1S/C26H28F3N7O2.ClH/c1-35-9-6-19-22(33-21(13-30)34-23(19)35)18-12-20(26(27,28)29)24(32-14-18)38-15-16-4-10-36(11-5-16)25(37)17-2-7-31-8-3-17;/h6,9,12,14,16-17,31H,2-5,7-8,10-11,15H2,1H3;1H. The van der Waals surface area contributed by atoms with Gasteiger partial charge in [-0.05, 0) is 56.8 Å². The summed E-state index contributed by atoms with van der Waals surface area (Å²) in [4.78, 5) is 27.0. The summed E-state index contributed by atoms with van der Waals surface area (Å²) in [7, 11) is 1.73. The van der Waals surface area contributed by atoms with E-state index in [1.54, 1.807) is 23.9 Å². The maximum atomic E-state index is 14.0. The third kappa shape index (κ3) is 6.09. The van der Waals surface area contributed by atoms with Crippen LogP contribution in [0.1, 0.15) is 37.1 Å². The minimum absolute atomic E-state index is 0. The largest absolute Gasteiger partial charge is 0.477 e. The minimum atomic E-state index is -4.70. The second kappa shape index (κ2) is 11.8. The van der Waals surface area contributed by atoms with Gasteiger partial charge in [-0.2, -0.15) is 18.4 Å². The Hall–Kier alpha value is -3.43. The van der Waals surface area contributed by atoms with E-state index in [0.717, 1.165) is 32.0 Å². The zero-order chi connectivity index (χ0) is 26.9. The van der Waals surface area contributed by atoms with E-state index in [9.17, 15) is 23.2 Å². The normalized spacial score (nSPS) is 17.1. The zero-order valence-electron chi connectivity index (χ0n) is 21.4. The summed E-state index contributed by atoms with van der Waals surface area (Å²) < 4.78 is 49.4. The van der Waals surface area contributed by atoms with Gasteiger partial charge < -0.3 is 19.5 Å². The van der Waals surface area contributed by atoms with Crippen molar-refractivity contribution in [1.82, 2.24) is 29.7 Å². The van der Waals surface area contributed by atoms with E-state index < -0.39 is 17.6 Å². The number of alkyl halides is 3. The molecule has 5 rings (SSSR count). The number of piperidine rings is 2. The Kier molecular flexibility index (Phi) is 8.61. The van der Waals surface area contributed by atoms with E-state index in [1.165, 1.54) is 6.20 Å². The van der Waals surface area contributed by atoms with Crippen molar-refractivity contribution in [2.75, 3.05) is 32.8 Å². The maximum Gasteiger partial charge on any atom is 0.421 e. The number of carbonyl (C=O) groups is 1. The molecule has 0 radical (unpaired) electrons. The Labute approximate surface area is 229 Å². The molecule has 5 heterocycles. The van der Waals surface area contributed by atoms with Crippen molar-refractivity contribution >= 4 is 29.3 Å². The van der Waals surface area contributed by atoms with Gasteiger partial charge in [0.15, 0.2) is 0 Å². The predicted molar refractivity (Wildman–Crippen MR) is 139 cm³/mol. The first-order valence-electron chi connectivity index (χ1n) is 12.7. The number of hydrogen-bond acceptors (Lipinski definition) is 7. The van der Waals surface area contributed by atoms with Crippen LogP contribution in [0.4, 0.5) is 13.2 Å². The molecule has 1 N–H and O–H groups in total. The van der Waals surface area contributed by atoms with Crippen molar-refractivity contribution < 1.29 is 22.7 Å². The molecule has 39 heavy (non-hydrogen) atoms. The number of likely N-dealkylation sites (tertiary alicyclic amines) is 1. The number of aromatic nitrogens is 4. The van der Waals surface area contributed by atoms with Crippen molar-refractivity contribution in [3.05, 3.63) is 35.9 Å². The molecule has 13 heteroatoms. The molecule has 2 fully saturated rings. The average Bonchev–Trinajstić information content (AvgIpc) is 3.31. The van der Waals surface area contributed by atoms with Crippen LogP contribution in [-0.4, -0.2) is 63.1 Å². The molecule has 2 aliphatic heterocycles. The Balaban J connectivity index is 0.00000353. The van der Waals surface area contributed by atoms with Crippen molar-refractivity contribution in [2.24, 2.45) is 18.9 Å². The molecule has 9 nitrogen and oxygen atoms in total. The van der Waals surface area contributed by atoms with Crippen LogP contribution >= 0.6 is 12.4 Å². The van der Waals surface area contributed by atoms with Crippen LogP contribution in [0.25, 0.3) is 22.3 Å². The molecule has 2 aliphatic rings. The van der Waals surface area contributed by atoms with Crippen LogP contribution in [0.3, 0.4) is 0 Å². The van der Waals surface area contributed by atoms with Gasteiger partial charge in [-0.3, -0.25) is 4.79 Å². The summed E-state index contributed by atoms with van der Waals surface area (Å²) in [5, 5.41) is 13.1. The highest BCUT2D eigenvalue weighted by Crippen LogP contribution is 2.38. The second-order valence-electron chi connectivity index (χ2n) is 9.85. The SMILES string of the molecule is Cl.Cn1ccc2c(-c3cnc(OCC4CCN(C(=O)C5CCNCC5)CC4)c(C(F)(F)F)c3)nc(C#N)nc21. The lowest BCUT2D eigenvalue weighted by Crippen LogP contribution is -2.45. The van der Waals surface area contributed by atoms with Gasteiger partial charge in [-0.1, -0.05) is 0 Å². The summed E-state index contributed by atoms with van der Waals surface area (Å²) in [5.41, 5.74) is -0.257. The third-order valence-corrected chi connectivity index (χ3v) is 7.32. The Morgan fingerprint density at radius 3 is 2.59 bits per heavy atom. The molecule has 2 saturated heterocycles. The molecule has 0 bridgehead atoms. The van der Waals surface area contributed by atoms with Gasteiger partial charge in [-0.25, -0.2) is 15.0 Å². The van der Waals surface area contributed by atoms with E-state index >= 15 is 0 Å². The number of nitrogens with zero attached hydrogens (tertiary/aromatic N) is 6. The number of nitrogens with one attached hydrogen (secondary N) is 1. The lowest BCUT2D eigenvalue weighted by atomic mass is 9.93.